The zero-order chi connectivity index (χ0) is 16.8. The van der Waals surface area contributed by atoms with Crippen LogP contribution in [0.4, 0.5) is 0 Å². The van der Waals surface area contributed by atoms with E-state index in [0.717, 1.165) is 11.3 Å². The number of hydrogen-bond acceptors (Lipinski definition) is 7. The fraction of sp³-hybridized carbons (Fsp3) is 0.294. The Labute approximate surface area is 140 Å². The highest BCUT2D eigenvalue weighted by Gasteiger charge is 2.20. The van der Waals surface area contributed by atoms with Gasteiger partial charge in [0.1, 0.15) is 0 Å². The zero-order valence-electron chi connectivity index (χ0n) is 13.7. The van der Waals surface area contributed by atoms with Gasteiger partial charge in [-0.05, 0) is 31.3 Å². The van der Waals surface area contributed by atoms with Crippen LogP contribution in [0.1, 0.15) is 17.6 Å². The Kier molecular flexibility index (Phi) is 5.25. The Hall–Kier alpha value is -2.64. The monoisotopic (exact) mass is 325 g/mol. The average molecular weight is 325 g/mol. The summed E-state index contributed by atoms with van der Waals surface area (Å²) in [6.07, 6.45) is 5.18. The van der Waals surface area contributed by atoms with Crippen LogP contribution in [0.3, 0.4) is 0 Å². The van der Waals surface area contributed by atoms with Crippen LogP contribution in [-0.4, -0.2) is 45.8 Å². The lowest BCUT2D eigenvalue weighted by Gasteiger charge is -2.25. The Morgan fingerprint density at radius 3 is 2.71 bits per heavy atom. The number of aromatic nitrogens is 4. The number of methoxy groups -OCH3 is 1. The predicted molar refractivity (Wildman–Crippen MR) is 87.9 cm³/mol. The van der Waals surface area contributed by atoms with Crippen LogP contribution >= 0.6 is 0 Å². The van der Waals surface area contributed by atoms with E-state index in [1.165, 1.54) is 0 Å². The van der Waals surface area contributed by atoms with Crippen molar-refractivity contribution in [2.24, 2.45) is 0 Å². The topological polar surface area (TPSA) is 77.2 Å². The smallest absolute Gasteiger partial charge is 0.241 e. The van der Waals surface area contributed by atoms with Crippen molar-refractivity contribution in [2.45, 2.75) is 12.6 Å². The number of hydrogen-bond donors (Lipinski definition) is 0. The Morgan fingerprint density at radius 1 is 1.17 bits per heavy atom. The quantitative estimate of drug-likeness (QED) is 0.660. The number of nitrogens with zero attached hydrogens (tertiary/aromatic N) is 5. The molecule has 0 aliphatic heterocycles. The molecule has 0 saturated carbocycles. The van der Waals surface area contributed by atoms with E-state index in [9.17, 15) is 0 Å². The number of likely N-dealkylation sites (N-methyl/N-ethyl adjacent to an activating group) is 1. The molecule has 0 fully saturated rings. The van der Waals surface area contributed by atoms with Gasteiger partial charge in [0, 0.05) is 31.3 Å². The Bertz CT molecular complexity index is 748. The molecule has 3 aromatic heterocycles. The van der Waals surface area contributed by atoms with Gasteiger partial charge < -0.3 is 9.26 Å². The standard InChI is InChI=1S/C17H19N5O2/c1-22(15(12-23-2)14-5-3-4-8-19-14)11-16-20-17(21-24-16)13-6-9-18-10-7-13/h3-10,15H,11-12H2,1-2H3. The summed E-state index contributed by atoms with van der Waals surface area (Å²) in [5.74, 6) is 1.10. The van der Waals surface area contributed by atoms with Crippen molar-refractivity contribution in [3.63, 3.8) is 0 Å². The molecule has 1 atom stereocenters. The van der Waals surface area contributed by atoms with E-state index >= 15 is 0 Å². The van der Waals surface area contributed by atoms with Crippen LogP contribution in [0, 0.1) is 0 Å². The lowest BCUT2D eigenvalue weighted by molar-refractivity contribution is 0.0932. The van der Waals surface area contributed by atoms with Gasteiger partial charge in [0.15, 0.2) is 0 Å². The molecule has 0 amide bonds. The molecule has 3 aromatic rings. The zero-order valence-corrected chi connectivity index (χ0v) is 13.7. The van der Waals surface area contributed by atoms with Gasteiger partial charge in [-0.2, -0.15) is 4.98 Å². The van der Waals surface area contributed by atoms with Crippen molar-refractivity contribution in [3.05, 3.63) is 60.5 Å². The SMILES string of the molecule is COCC(c1ccccn1)N(C)Cc1nc(-c2ccncc2)no1. The molecule has 124 valence electrons. The molecule has 3 heterocycles. The summed E-state index contributed by atoms with van der Waals surface area (Å²) in [5.41, 5.74) is 1.82. The van der Waals surface area contributed by atoms with E-state index in [1.54, 1.807) is 25.7 Å². The lowest BCUT2D eigenvalue weighted by atomic mass is 10.1. The maximum atomic E-state index is 5.37. The van der Waals surface area contributed by atoms with E-state index in [4.69, 9.17) is 9.26 Å². The lowest BCUT2D eigenvalue weighted by Crippen LogP contribution is -2.28. The minimum atomic E-state index is 0.00692. The summed E-state index contributed by atoms with van der Waals surface area (Å²) < 4.78 is 10.7. The molecule has 0 bridgehead atoms. The second-order valence-electron chi connectivity index (χ2n) is 5.39. The van der Waals surface area contributed by atoms with Gasteiger partial charge in [-0.1, -0.05) is 11.2 Å². The highest BCUT2D eigenvalue weighted by molar-refractivity contribution is 5.52. The van der Waals surface area contributed by atoms with Crippen molar-refractivity contribution in [1.82, 2.24) is 25.0 Å². The third kappa shape index (κ3) is 3.81. The summed E-state index contributed by atoms with van der Waals surface area (Å²) in [4.78, 5) is 14.9. The molecule has 0 saturated heterocycles. The second kappa shape index (κ2) is 7.76. The first kappa shape index (κ1) is 16.2. The number of rotatable bonds is 7. The van der Waals surface area contributed by atoms with E-state index in [2.05, 4.69) is 25.0 Å². The van der Waals surface area contributed by atoms with Crippen LogP contribution in [-0.2, 0) is 11.3 Å². The fourth-order valence-electron chi connectivity index (χ4n) is 2.43. The summed E-state index contributed by atoms with van der Waals surface area (Å²) in [6, 6.07) is 9.54. The molecule has 0 aliphatic carbocycles. The van der Waals surface area contributed by atoms with Crippen LogP contribution in [0.15, 0.2) is 53.4 Å². The third-order valence-corrected chi connectivity index (χ3v) is 3.68. The molecule has 0 N–H and O–H groups in total. The summed E-state index contributed by atoms with van der Waals surface area (Å²) >= 11 is 0. The maximum absolute atomic E-state index is 5.37. The van der Waals surface area contributed by atoms with Crippen molar-refractivity contribution in [1.29, 1.82) is 0 Å². The van der Waals surface area contributed by atoms with E-state index in [-0.39, 0.29) is 6.04 Å². The molecule has 0 radical (unpaired) electrons. The van der Waals surface area contributed by atoms with Gasteiger partial charge in [-0.3, -0.25) is 14.9 Å². The maximum Gasteiger partial charge on any atom is 0.241 e. The summed E-state index contributed by atoms with van der Waals surface area (Å²) in [7, 11) is 3.66. The molecule has 7 nitrogen and oxygen atoms in total. The molecule has 7 heteroatoms. The van der Waals surface area contributed by atoms with Gasteiger partial charge in [-0.25, -0.2) is 0 Å². The van der Waals surface area contributed by atoms with E-state index in [1.807, 2.05) is 37.4 Å². The predicted octanol–water partition coefficient (Wildman–Crippen LogP) is 2.35. The summed E-state index contributed by atoms with van der Waals surface area (Å²) in [6.45, 7) is 1.03. The normalized spacial score (nSPS) is 12.5. The first-order valence-corrected chi connectivity index (χ1v) is 7.61. The van der Waals surface area contributed by atoms with Crippen molar-refractivity contribution >= 4 is 0 Å². The van der Waals surface area contributed by atoms with E-state index in [0.29, 0.717) is 24.9 Å². The van der Waals surface area contributed by atoms with Gasteiger partial charge in [-0.15, -0.1) is 0 Å². The van der Waals surface area contributed by atoms with E-state index < -0.39 is 0 Å². The average Bonchev–Trinajstić information content (AvgIpc) is 3.09. The molecular weight excluding hydrogens is 306 g/mol. The fourth-order valence-corrected chi connectivity index (χ4v) is 2.43. The Balaban J connectivity index is 1.73. The van der Waals surface area contributed by atoms with Gasteiger partial charge in [0.2, 0.25) is 11.7 Å². The second-order valence-corrected chi connectivity index (χ2v) is 5.39. The molecule has 1 unspecified atom stereocenters. The van der Waals surface area contributed by atoms with Gasteiger partial charge >= 0.3 is 0 Å². The van der Waals surface area contributed by atoms with Crippen LogP contribution in [0.2, 0.25) is 0 Å². The molecule has 0 spiro atoms. The Morgan fingerprint density at radius 2 is 2.00 bits per heavy atom. The van der Waals surface area contributed by atoms with Crippen molar-refractivity contribution in [2.75, 3.05) is 20.8 Å². The number of ether oxygens (including phenoxy) is 1. The largest absolute Gasteiger partial charge is 0.383 e. The van der Waals surface area contributed by atoms with Crippen molar-refractivity contribution < 1.29 is 9.26 Å². The first-order valence-electron chi connectivity index (χ1n) is 7.61. The molecule has 3 rings (SSSR count). The third-order valence-electron chi connectivity index (χ3n) is 3.68. The van der Waals surface area contributed by atoms with Crippen LogP contribution in [0.25, 0.3) is 11.4 Å². The molecule has 0 aromatic carbocycles. The van der Waals surface area contributed by atoms with Crippen LogP contribution < -0.4 is 0 Å². The van der Waals surface area contributed by atoms with Gasteiger partial charge in [0.05, 0.1) is 24.9 Å². The molecule has 24 heavy (non-hydrogen) atoms. The highest BCUT2D eigenvalue weighted by atomic mass is 16.5. The first-order chi connectivity index (χ1) is 11.8. The van der Waals surface area contributed by atoms with Crippen molar-refractivity contribution in [3.8, 4) is 11.4 Å². The minimum Gasteiger partial charge on any atom is -0.383 e. The summed E-state index contributed by atoms with van der Waals surface area (Å²) in [5, 5.41) is 4.03. The minimum absolute atomic E-state index is 0.00692. The van der Waals surface area contributed by atoms with Gasteiger partial charge in [0.25, 0.3) is 0 Å². The molecule has 0 aliphatic rings. The van der Waals surface area contributed by atoms with Crippen LogP contribution in [0.5, 0.6) is 0 Å². The number of pyridine rings is 2. The highest BCUT2D eigenvalue weighted by Crippen LogP contribution is 2.20. The molecular formula is C17H19N5O2.